The molecule has 1 saturated heterocycles. The Bertz CT molecular complexity index is 3030. The van der Waals surface area contributed by atoms with Gasteiger partial charge in [0.15, 0.2) is 34.7 Å². The molecule has 0 saturated carbocycles. The van der Waals surface area contributed by atoms with Crippen molar-refractivity contribution in [2.75, 3.05) is 20.3 Å². The lowest BCUT2D eigenvalue weighted by Gasteiger charge is -2.43. The van der Waals surface area contributed by atoms with Gasteiger partial charge in [0.1, 0.15) is 30.1 Å². The van der Waals surface area contributed by atoms with Gasteiger partial charge in [0, 0.05) is 36.6 Å². The number of nitrogens with two attached hydrogens (primary N) is 1. The van der Waals surface area contributed by atoms with Gasteiger partial charge in [-0.3, -0.25) is 37.2 Å². The van der Waals surface area contributed by atoms with Gasteiger partial charge in [0.05, 0.1) is 31.4 Å². The fraction of sp³-hybridized carbons (Fsp3) is 0.596. The van der Waals surface area contributed by atoms with Crippen LogP contribution in [0.2, 0.25) is 36.3 Å². The van der Waals surface area contributed by atoms with Crippen molar-refractivity contribution < 1.29 is 54.1 Å². The largest absolute Gasteiger partial charge is 0.468 e. The Labute approximate surface area is 427 Å². The number of aromatic nitrogens is 4. The lowest BCUT2D eigenvalue weighted by atomic mass is 9.89. The predicted octanol–water partition coefficient (Wildman–Crippen LogP) is 5.06. The summed E-state index contributed by atoms with van der Waals surface area (Å²) in [6, 6.07) is 7.11. The zero-order chi connectivity index (χ0) is 54.4. The molecule has 2 aromatic heterocycles. The molecule has 6 rings (SSSR count). The fourth-order valence-electron chi connectivity index (χ4n) is 7.97. The third kappa shape index (κ3) is 12.1. The summed E-state index contributed by atoms with van der Waals surface area (Å²) >= 11 is 0. The number of nitrogens with zero attached hydrogens (tertiary/aromatic N) is 4. The second kappa shape index (κ2) is 21.2. The third-order valence-corrected chi connectivity index (χ3v) is 25.9. The summed E-state index contributed by atoms with van der Waals surface area (Å²) in [4.78, 5) is 68.4. The molecule has 0 radical (unpaired) electrons. The van der Waals surface area contributed by atoms with E-state index in [9.17, 15) is 37.0 Å². The van der Waals surface area contributed by atoms with Crippen molar-refractivity contribution >= 4 is 40.5 Å². The van der Waals surface area contributed by atoms with E-state index in [1.807, 2.05) is 47.0 Å². The van der Waals surface area contributed by atoms with E-state index in [-0.39, 0.29) is 60.3 Å². The predicted molar refractivity (Wildman–Crippen MR) is 276 cm³/mol. The van der Waals surface area contributed by atoms with Crippen molar-refractivity contribution in [1.82, 2.24) is 23.4 Å². The summed E-state index contributed by atoms with van der Waals surface area (Å²) in [7, 11) is -12.8. The summed E-state index contributed by atoms with van der Waals surface area (Å²) in [6.45, 7) is 23.6. The second-order valence-corrected chi connectivity index (χ2v) is 34.3. The summed E-state index contributed by atoms with van der Waals surface area (Å²) < 4.78 is 93.4. The highest BCUT2D eigenvalue weighted by Gasteiger charge is 2.67. The quantitative estimate of drug-likeness (QED) is 0.0522. The molecule has 8 atom stereocenters. The Kier molecular flexibility index (Phi) is 16.8. The van der Waals surface area contributed by atoms with Crippen LogP contribution in [-0.4, -0.2) is 99.6 Å². The van der Waals surface area contributed by atoms with Crippen molar-refractivity contribution in [3.05, 3.63) is 119 Å². The van der Waals surface area contributed by atoms with Gasteiger partial charge < -0.3 is 33.3 Å². The molecule has 3 N–H and O–H groups in total. The van der Waals surface area contributed by atoms with E-state index in [2.05, 4.69) is 25.9 Å². The number of carbonyl (C=O) groups is 1. The van der Waals surface area contributed by atoms with Gasteiger partial charge in [-0.05, 0) is 81.7 Å². The lowest BCUT2D eigenvalue weighted by molar-refractivity contribution is -0.142. The minimum absolute atomic E-state index is 0.0535. The van der Waals surface area contributed by atoms with Gasteiger partial charge >= 0.3 is 25.1 Å². The zero-order valence-electron chi connectivity index (χ0n) is 44.0. The molecule has 0 amide bonds. The Morgan fingerprint density at radius 3 is 1.96 bits per heavy atom. The smallest absolute Gasteiger partial charge is 0.459 e. The van der Waals surface area contributed by atoms with Crippen LogP contribution in [0.4, 0.5) is 0 Å². The van der Waals surface area contributed by atoms with Gasteiger partial charge in [-0.25, -0.2) is 18.3 Å². The molecule has 0 aliphatic carbocycles. The molecule has 3 aromatic rings. The monoisotopic (exact) mass is 1090 g/mol. The number of benzene rings is 1. The van der Waals surface area contributed by atoms with E-state index < -0.39 is 110 Å². The van der Waals surface area contributed by atoms with Crippen LogP contribution in [0.5, 0.6) is 5.75 Å². The number of esters is 1. The van der Waals surface area contributed by atoms with Crippen molar-refractivity contribution in [1.29, 1.82) is 0 Å². The number of rotatable bonds is 19. The average Bonchev–Trinajstić information content (AvgIpc) is 3.95. The highest BCUT2D eigenvalue weighted by molar-refractivity contribution is 7.90. The molecule has 22 nitrogen and oxygen atoms in total. The number of aryl methyl sites for hydroxylation is 2. The molecule has 8 unspecified atom stereocenters. The SMILES string of the molecule is COC(=O)C(C)NP(=O)(OCC1C=CC(n2cc(C)c(=O)n(CCCn3c(=O)c(C)cn(C4OC(CO[Si](C)(C)C(C)(C)C)C5(OS(=O)(=O)C=C5N)C4O[Si](C)(C)C(C)(C)C)c3=O)c2=O)O1)Oc1ccccc1. The van der Waals surface area contributed by atoms with Gasteiger partial charge in [0.2, 0.25) is 0 Å². The number of hydrogen-bond acceptors (Lipinski definition) is 17. The van der Waals surface area contributed by atoms with Crippen molar-refractivity contribution in [3.63, 3.8) is 0 Å². The minimum Gasteiger partial charge on any atom is -0.468 e. The molecule has 1 spiro atoms. The molecule has 1 aromatic carbocycles. The van der Waals surface area contributed by atoms with E-state index in [0.29, 0.717) is 0 Å². The topological polar surface area (TPSA) is 268 Å². The average molecular weight is 1100 g/mol. The first-order valence-electron chi connectivity index (χ1n) is 23.9. The highest BCUT2D eigenvalue weighted by atomic mass is 32.2. The first-order valence-corrected chi connectivity index (χ1v) is 32.7. The van der Waals surface area contributed by atoms with Crippen LogP contribution in [0.3, 0.4) is 0 Å². The van der Waals surface area contributed by atoms with E-state index >= 15 is 0 Å². The lowest BCUT2D eigenvalue weighted by Crippen LogP contribution is -2.59. The van der Waals surface area contributed by atoms with Crippen LogP contribution in [0.1, 0.15) is 78.5 Å². The number of carbonyl (C=O) groups excluding carboxylic acids is 1. The molecular weight excluding hydrogens is 1020 g/mol. The van der Waals surface area contributed by atoms with Gasteiger partial charge in [-0.1, -0.05) is 65.8 Å². The highest BCUT2D eigenvalue weighted by Crippen LogP contribution is 2.52. The maximum atomic E-state index is 14.8. The Morgan fingerprint density at radius 2 is 1.42 bits per heavy atom. The molecule has 0 bridgehead atoms. The second-order valence-electron chi connectivity index (χ2n) is 21.6. The van der Waals surface area contributed by atoms with E-state index in [4.69, 9.17) is 42.0 Å². The molecule has 5 heterocycles. The van der Waals surface area contributed by atoms with Crippen molar-refractivity contribution in [3.8, 4) is 5.75 Å². The first-order chi connectivity index (χ1) is 33.7. The third-order valence-electron chi connectivity index (χ3n) is 14.2. The molecule has 73 heavy (non-hydrogen) atoms. The Morgan fingerprint density at radius 1 is 0.863 bits per heavy atom. The molecule has 404 valence electrons. The zero-order valence-corrected chi connectivity index (χ0v) is 47.7. The van der Waals surface area contributed by atoms with Crippen LogP contribution in [0.15, 0.2) is 85.2 Å². The van der Waals surface area contributed by atoms with E-state index in [1.165, 1.54) is 49.4 Å². The van der Waals surface area contributed by atoms with Gasteiger partial charge in [-0.2, -0.15) is 13.5 Å². The Hall–Kier alpha value is -4.54. The standard InChI is InChI=1S/C47H71N6O16PSSi2/c1-30-25-52(37-22-21-34(65-37)27-63-70(59,49-32(3)42(56)62-10)67-33-19-16-15-17-20-33)43(57)50(39(30)54)23-18-24-51-40(55)31(2)26-53(44(51)58)41-38(68-73(13,14)46(7,8)9)47(35(48)29-71(60,61)69-47)36(66-41)28-64-72(11,12)45(4,5)6/h15-17,19-22,25-26,29,32,34,36-38,41H,18,23-24,27-28,48H2,1-14H3,(H,49,59). The molecular formula is C47H71N6O16PSSi2. The molecule has 26 heteroatoms. The first kappa shape index (κ1) is 57.7. The maximum absolute atomic E-state index is 14.8. The van der Waals surface area contributed by atoms with Crippen LogP contribution in [0, 0.1) is 13.8 Å². The number of ether oxygens (including phenoxy) is 3. The normalized spacial score (nSPS) is 24.4. The van der Waals surface area contributed by atoms with Crippen molar-refractivity contribution in [2.24, 2.45) is 5.73 Å². The van der Waals surface area contributed by atoms with Crippen LogP contribution in [0.25, 0.3) is 0 Å². The van der Waals surface area contributed by atoms with E-state index in [1.54, 1.807) is 42.5 Å². The van der Waals surface area contributed by atoms with Crippen LogP contribution in [-0.2, 0) is 64.3 Å². The minimum atomic E-state index is -4.37. The summed E-state index contributed by atoms with van der Waals surface area (Å²) in [6.07, 6.45) is -0.0649. The fourth-order valence-corrected chi connectivity index (χ4v) is 13.0. The molecule has 3 aliphatic rings. The Balaban J connectivity index is 1.27. The molecule has 1 fully saturated rings. The van der Waals surface area contributed by atoms with Crippen LogP contribution < -0.4 is 37.8 Å². The maximum Gasteiger partial charge on any atom is 0.459 e. The molecule has 3 aliphatic heterocycles. The number of hydrogen-bond donors (Lipinski definition) is 2. The number of nitrogens with one attached hydrogen (secondary N) is 1. The summed E-state index contributed by atoms with van der Waals surface area (Å²) in [5, 5.41) is 2.72. The summed E-state index contributed by atoms with van der Waals surface area (Å²) in [5.74, 6) is -0.507. The van der Waals surface area contributed by atoms with E-state index in [0.717, 1.165) is 14.5 Å². The van der Waals surface area contributed by atoms with Crippen molar-refractivity contribution in [2.45, 2.75) is 160 Å². The van der Waals surface area contributed by atoms with Gasteiger partial charge in [-0.15, -0.1) is 0 Å². The number of methoxy groups -OCH3 is 1. The van der Waals surface area contributed by atoms with Gasteiger partial charge in [0.25, 0.3) is 21.2 Å². The summed E-state index contributed by atoms with van der Waals surface area (Å²) in [5.41, 5.74) is 1.97. The van der Waals surface area contributed by atoms with Crippen LogP contribution >= 0.6 is 7.75 Å². The number of para-hydroxylation sites is 1.